The molecular formula is C18H21BrN2O3S. The Hall–Kier alpha value is -1.70. The van der Waals surface area contributed by atoms with Crippen molar-refractivity contribution >= 4 is 37.5 Å². The molecule has 2 aromatic carbocycles. The molecule has 7 heteroatoms. The van der Waals surface area contributed by atoms with Crippen LogP contribution < -0.4 is 5.32 Å². The molecule has 0 bridgehead atoms. The molecule has 5 nitrogen and oxygen atoms in total. The van der Waals surface area contributed by atoms with Gasteiger partial charge >= 0.3 is 0 Å². The summed E-state index contributed by atoms with van der Waals surface area (Å²) in [5.41, 5.74) is 1.90. The molecule has 0 saturated carbocycles. The van der Waals surface area contributed by atoms with Gasteiger partial charge in [0.15, 0.2) is 0 Å². The van der Waals surface area contributed by atoms with Crippen LogP contribution >= 0.6 is 15.9 Å². The van der Waals surface area contributed by atoms with Crippen molar-refractivity contribution in [2.45, 2.75) is 25.7 Å². The lowest BCUT2D eigenvalue weighted by Crippen LogP contribution is -2.30. The first-order valence-electron chi connectivity index (χ1n) is 7.97. The summed E-state index contributed by atoms with van der Waals surface area (Å²) < 4.78 is 27.5. The molecule has 0 atom stereocenters. The van der Waals surface area contributed by atoms with E-state index in [-0.39, 0.29) is 10.8 Å². The van der Waals surface area contributed by atoms with Crippen LogP contribution in [0.2, 0.25) is 0 Å². The van der Waals surface area contributed by atoms with E-state index in [1.165, 1.54) is 16.4 Å². The van der Waals surface area contributed by atoms with Crippen molar-refractivity contribution in [1.29, 1.82) is 0 Å². The van der Waals surface area contributed by atoms with Crippen LogP contribution in [0.5, 0.6) is 0 Å². The Labute approximate surface area is 157 Å². The van der Waals surface area contributed by atoms with Crippen molar-refractivity contribution in [2.24, 2.45) is 0 Å². The second kappa shape index (κ2) is 8.12. The molecule has 0 spiro atoms. The molecule has 0 radical (unpaired) electrons. The van der Waals surface area contributed by atoms with Gasteiger partial charge in [-0.1, -0.05) is 35.8 Å². The van der Waals surface area contributed by atoms with Crippen molar-refractivity contribution < 1.29 is 13.2 Å². The lowest BCUT2D eigenvalue weighted by Gasteiger charge is -2.18. The van der Waals surface area contributed by atoms with Crippen molar-refractivity contribution in [3.8, 4) is 0 Å². The molecule has 0 unspecified atom stereocenters. The highest BCUT2D eigenvalue weighted by Gasteiger charge is 2.22. The standard InChI is InChI=1S/C18H21BrN2O3S/c1-4-21(5-2)25(23,24)16-8-6-7-14(12-16)18(22)20-17-10-9-15(19)11-13(17)3/h6-12H,4-5H2,1-3H3,(H,20,22). The number of sulfonamides is 1. The van der Waals surface area contributed by atoms with Gasteiger partial charge in [0, 0.05) is 28.8 Å². The van der Waals surface area contributed by atoms with Gasteiger partial charge in [0.25, 0.3) is 5.91 Å². The first kappa shape index (κ1) is 19.6. The Morgan fingerprint density at radius 2 is 1.80 bits per heavy atom. The Morgan fingerprint density at radius 1 is 1.12 bits per heavy atom. The summed E-state index contributed by atoms with van der Waals surface area (Å²) in [5.74, 6) is -0.345. The largest absolute Gasteiger partial charge is 0.322 e. The minimum Gasteiger partial charge on any atom is -0.322 e. The lowest BCUT2D eigenvalue weighted by atomic mass is 10.1. The summed E-state index contributed by atoms with van der Waals surface area (Å²) in [7, 11) is -3.60. The van der Waals surface area contributed by atoms with E-state index in [0.29, 0.717) is 24.3 Å². The first-order valence-corrected chi connectivity index (χ1v) is 10.2. The van der Waals surface area contributed by atoms with E-state index >= 15 is 0 Å². The van der Waals surface area contributed by atoms with Gasteiger partial charge in [-0.25, -0.2) is 8.42 Å². The number of benzene rings is 2. The predicted octanol–water partition coefficient (Wildman–Crippen LogP) is 4.04. The summed E-state index contributed by atoms with van der Waals surface area (Å²) in [5, 5.41) is 2.82. The zero-order valence-corrected chi connectivity index (χ0v) is 16.8. The van der Waals surface area contributed by atoms with E-state index in [9.17, 15) is 13.2 Å². The number of carbonyl (C=O) groups is 1. The highest BCUT2D eigenvalue weighted by Crippen LogP contribution is 2.22. The van der Waals surface area contributed by atoms with Gasteiger partial charge in [0.2, 0.25) is 10.0 Å². The fraction of sp³-hybridized carbons (Fsp3) is 0.278. The summed E-state index contributed by atoms with van der Waals surface area (Å²) in [6.07, 6.45) is 0. The van der Waals surface area contributed by atoms with Gasteiger partial charge in [-0.05, 0) is 48.9 Å². The molecule has 134 valence electrons. The van der Waals surface area contributed by atoms with E-state index in [1.54, 1.807) is 32.0 Å². The average molecular weight is 425 g/mol. The second-order valence-electron chi connectivity index (χ2n) is 5.53. The van der Waals surface area contributed by atoms with Crippen molar-refractivity contribution in [1.82, 2.24) is 4.31 Å². The molecule has 0 aliphatic heterocycles. The third kappa shape index (κ3) is 4.48. The number of anilines is 1. The van der Waals surface area contributed by atoms with Crippen LogP contribution in [0.4, 0.5) is 5.69 Å². The zero-order chi connectivity index (χ0) is 18.6. The molecule has 0 heterocycles. The van der Waals surface area contributed by atoms with Gasteiger partial charge < -0.3 is 5.32 Å². The number of hydrogen-bond donors (Lipinski definition) is 1. The molecule has 0 fully saturated rings. The van der Waals surface area contributed by atoms with E-state index in [1.807, 2.05) is 19.1 Å². The van der Waals surface area contributed by atoms with Crippen LogP contribution in [0.1, 0.15) is 29.8 Å². The van der Waals surface area contributed by atoms with Gasteiger partial charge in [-0.3, -0.25) is 4.79 Å². The number of rotatable bonds is 6. The van der Waals surface area contributed by atoms with Gasteiger partial charge in [0.05, 0.1) is 4.90 Å². The van der Waals surface area contributed by atoms with E-state index in [2.05, 4.69) is 21.2 Å². The molecule has 2 aromatic rings. The topological polar surface area (TPSA) is 66.5 Å². The Morgan fingerprint density at radius 3 is 2.40 bits per heavy atom. The number of hydrogen-bond acceptors (Lipinski definition) is 3. The summed E-state index contributed by atoms with van der Waals surface area (Å²) in [4.78, 5) is 12.6. The van der Waals surface area contributed by atoms with E-state index in [4.69, 9.17) is 0 Å². The van der Waals surface area contributed by atoms with Crippen LogP contribution in [0.15, 0.2) is 51.8 Å². The van der Waals surface area contributed by atoms with Gasteiger partial charge in [0.1, 0.15) is 0 Å². The van der Waals surface area contributed by atoms with Gasteiger partial charge in [-0.15, -0.1) is 0 Å². The fourth-order valence-electron chi connectivity index (χ4n) is 2.47. The first-order chi connectivity index (χ1) is 11.8. The molecule has 25 heavy (non-hydrogen) atoms. The Bertz CT molecular complexity index is 878. The number of halogens is 1. The molecule has 2 rings (SSSR count). The van der Waals surface area contributed by atoms with Crippen molar-refractivity contribution in [3.63, 3.8) is 0 Å². The normalized spacial score (nSPS) is 11.6. The molecule has 0 saturated heterocycles. The molecule has 1 amide bonds. The number of nitrogens with zero attached hydrogens (tertiary/aromatic N) is 1. The minimum absolute atomic E-state index is 0.122. The Balaban J connectivity index is 2.30. The van der Waals surface area contributed by atoms with Crippen molar-refractivity contribution in [3.05, 3.63) is 58.1 Å². The highest BCUT2D eigenvalue weighted by atomic mass is 79.9. The molecule has 0 aliphatic rings. The number of carbonyl (C=O) groups excluding carboxylic acids is 1. The molecule has 0 aromatic heterocycles. The molecule has 1 N–H and O–H groups in total. The smallest absolute Gasteiger partial charge is 0.255 e. The minimum atomic E-state index is -3.60. The maximum absolute atomic E-state index is 12.6. The second-order valence-corrected chi connectivity index (χ2v) is 8.38. The molecular weight excluding hydrogens is 404 g/mol. The summed E-state index contributed by atoms with van der Waals surface area (Å²) in [6.45, 7) is 6.23. The number of amides is 1. The SMILES string of the molecule is CCN(CC)S(=O)(=O)c1cccc(C(=O)Nc2ccc(Br)cc2C)c1. The van der Waals surface area contributed by atoms with Crippen molar-refractivity contribution in [2.75, 3.05) is 18.4 Å². The highest BCUT2D eigenvalue weighted by molar-refractivity contribution is 9.10. The van der Waals surface area contributed by atoms with Crippen LogP contribution in [-0.4, -0.2) is 31.7 Å². The monoisotopic (exact) mass is 424 g/mol. The Kier molecular flexibility index (Phi) is 6.37. The number of nitrogens with one attached hydrogen (secondary N) is 1. The zero-order valence-electron chi connectivity index (χ0n) is 14.4. The third-order valence-corrected chi connectivity index (χ3v) is 6.42. The van der Waals surface area contributed by atoms with E-state index < -0.39 is 10.0 Å². The van der Waals surface area contributed by atoms with Gasteiger partial charge in [-0.2, -0.15) is 4.31 Å². The molecule has 0 aliphatic carbocycles. The fourth-order valence-corrected chi connectivity index (χ4v) is 4.45. The van der Waals surface area contributed by atoms with Crippen LogP contribution in [0.25, 0.3) is 0 Å². The van der Waals surface area contributed by atoms with Crippen LogP contribution in [0, 0.1) is 6.92 Å². The summed E-state index contributed by atoms with van der Waals surface area (Å²) >= 11 is 3.38. The maximum Gasteiger partial charge on any atom is 0.255 e. The average Bonchev–Trinajstić information content (AvgIpc) is 2.58. The summed E-state index contributed by atoms with van der Waals surface area (Å²) in [6, 6.07) is 11.6. The van der Waals surface area contributed by atoms with E-state index in [0.717, 1.165) is 10.0 Å². The number of aryl methyl sites for hydroxylation is 1. The van der Waals surface area contributed by atoms with Crippen LogP contribution in [0.3, 0.4) is 0 Å². The maximum atomic E-state index is 12.6. The predicted molar refractivity (Wildman–Crippen MR) is 103 cm³/mol. The lowest BCUT2D eigenvalue weighted by molar-refractivity contribution is 0.102. The third-order valence-electron chi connectivity index (χ3n) is 3.88. The van der Waals surface area contributed by atoms with Crippen LogP contribution in [-0.2, 0) is 10.0 Å². The quantitative estimate of drug-likeness (QED) is 0.760.